The van der Waals surface area contributed by atoms with Crippen molar-refractivity contribution >= 4 is 35.3 Å². The molecule has 0 heterocycles. The third-order valence-electron chi connectivity index (χ3n) is 4.07. The van der Waals surface area contributed by atoms with Crippen molar-refractivity contribution in [2.45, 2.75) is 45.4 Å². The molecule has 1 atom stereocenters. The Bertz CT molecular complexity index is 922. The number of carbonyl (C=O) groups excluding carboxylic acids is 2. The van der Waals surface area contributed by atoms with E-state index in [0.29, 0.717) is 21.2 Å². The van der Waals surface area contributed by atoms with Gasteiger partial charge in [-0.3, -0.25) is 0 Å². The molecule has 0 fully saturated rings. The van der Waals surface area contributed by atoms with Gasteiger partial charge in [-0.05, 0) is 50.6 Å². The van der Waals surface area contributed by atoms with Crippen molar-refractivity contribution in [2.75, 3.05) is 7.11 Å². The third-order valence-corrected chi connectivity index (χ3v) is 4.78. The maximum absolute atomic E-state index is 12.2. The van der Waals surface area contributed by atoms with Crippen molar-refractivity contribution in [3.8, 4) is 11.5 Å². The molecule has 2 rings (SSSR count). The van der Waals surface area contributed by atoms with E-state index in [2.05, 4.69) is 5.32 Å². The minimum absolute atomic E-state index is 0.0338. The van der Waals surface area contributed by atoms with E-state index in [1.165, 1.54) is 13.2 Å². The fourth-order valence-electron chi connectivity index (χ4n) is 2.64. The van der Waals surface area contributed by atoms with Gasteiger partial charge < -0.3 is 24.6 Å². The van der Waals surface area contributed by atoms with Crippen molar-refractivity contribution in [3.05, 3.63) is 57.6 Å². The molecule has 0 radical (unpaired) electrons. The van der Waals surface area contributed by atoms with Crippen LogP contribution in [0.5, 0.6) is 11.5 Å². The number of ether oxygens (including phenoxy) is 3. The van der Waals surface area contributed by atoms with Gasteiger partial charge >= 0.3 is 12.1 Å². The van der Waals surface area contributed by atoms with Crippen molar-refractivity contribution < 1.29 is 28.9 Å². The summed E-state index contributed by atoms with van der Waals surface area (Å²) in [5.41, 5.74) is 0.476. The molecule has 0 spiro atoms. The lowest BCUT2D eigenvalue weighted by Gasteiger charge is -2.22. The molecule has 0 aliphatic rings. The Hall–Kier alpha value is -2.64. The van der Waals surface area contributed by atoms with Crippen LogP contribution in [0.2, 0.25) is 10.0 Å². The molecule has 0 bridgehead atoms. The normalized spacial score (nSPS) is 12.1. The summed E-state index contributed by atoms with van der Waals surface area (Å²) in [6, 6.07) is 8.70. The summed E-state index contributed by atoms with van der Waals surface area (Å²) in [7, 11) is 1.23. The summed E-state index contributed by atoms with van der Waals surface area (Å²) in [6.45, 7) is 5.18. The van der Waals surface area contributed by atoms with Gasteiger partial charge in [-0.2, -0.15) is 0 Å². The molecule has 31 heavy (non-hydrogen) atoms. The second kappa shape index (κ2) is 10.6. The zero-order chi connectivity index (χ0) is 23.2. The van der Waals surface area contributed by atoms with Crippen molar-refractivity contribution in [1.29, 1.82) is 0 Å². The quantitative estimate of drug-likeness (QED) is 0.560. The minimum atomic E-state index is -0.991. The van der Waals surface area contributed by atoms with E-state index in [9.17, 15) is 14.7 Å². The number of phenols is 1. The van der Waals surface area contributed by atoms with Crippen LogP contribution in [0.1, 0.15) is 31.9 Å². The number of esters is 1. The van der Waals surface area contributed by atoms with E-state index in [0.717, 1.165) is 0 Å². The fraction of sp³-hybridized carbons (Fsp3) is 0.364. The van der Waals surface area contributed by atoms with Crippen LogP contribution in [0.15, 0.2) is 36.4 Å². The highest BCUT2D eigenvalue weighted by Crippen LogP contribution is 2.31. The number of methoxy groups -OCH3 is 1. The molecule has 0 unspecified atom stereocenters. The van der Waals surface area contributed by atoms with Crippen LogP contribution in [0.25, 0.3) is 0 Å². The summed E-state index contributed by atoms with van der Waals surface area (Å²) in [5.74, 6) is -0.555. The van der Waals surface area contributed by atoms with Crippen molar-refractivity contribution in [1.82, 2.24) is 5.32 Å². The Balaban J connectivity index is 2.15. The van der Waals surface area contributed by atoms with Gasteiger partial charge in [0.05, 0.1) is 7.11 Å². The van der Waals surface area contributed by atoms with E-state index < -0.39 is 23.7 Å². The molecular formula is C22H25Cl2NO6. The largest absolute Gasteiger partial charge is 0.504 e. The van der Waals surface area contributed by atoms with Crippen molar-refractivity contribution in [3.63, 3.8) is 0 Å². The number of nitrogens with one attached hydrogen (secondary N) is 1. The molecule has 9 heteroatoms. The van der Waals surface area contributed by atoms with Crippen LogP contribution >= 0.6 is 23.2 Å². The summed E-state index contributed by atoms with van der Waals surface area (Å²) in [4.78, 5) is 24.2. The number of aromatic hydroxyl groups is 1. The SMILES string of the molecule is COC(=O)[C@H](Cc1ccc(O)c(OCc2c(Cl)cccc2Cl)c1)NC(=O)OC(C)(C)C. The van der Waals surface area contributed by atoms with Gasteiger partial charge in [0.25, 0.3) is 0 Å². The zero-order valence-electron chi connectivity index (χ0n) is 17.7. The first kappa shape index (κ1) is 24.6. The Labute approximate surface area is 191 Å². The summed E-state index contributed by atoms with van der Waals surface area (Å²) < 4.78 is 15.7. The van der Waals surface area contributed by atoms with E-state index in [1.54, 1.807) is 51.1 Å². The van der Waals surface area contributed by atoms with Gasteiger partial charge in [-0.25, -0.2) is 9.59 Å². The Kier molecular flexibility index (Phi) is 8.42. The topological polar surface area (TPSA) is 94.1 Å². The first-order valence-electron chi connectivity index (χ1n) is 9.45. The molecule has 2 N–H and O–H groups in total. The highest BCUT2D eigenvalue weighted by molar-refractivity contribution is 6.35. The van der Waals surface area contributed by atoms with E-state index in [-0.39, 0.29) is 24.5 Å². The molecule has 168 valence electrons. The Morgan fingerprint density at radius 1 is 1.13 bits per heavy atom. The summed E-state index contributed by atoms with van der Waals surface area (Å²) in [5, 5.41) is 13.5. The minimum Gasteiger partial charge on any atom is -0.504 e. The Morgan fingerprint density at radius 2 is 1.77 bits per heavy atom. The lowest BCUT2D eigenvalue weighted by atomic mass is 10.1. The Morgan fingerprint density at radius 3 is 2.35 bits per heavy atom. The first-order chi connectivity index (χ1) is 14.5. The standard InChI is InChI=1S/C22H25Cl2NO6/c1-22(2,3)31-21(28)25-17(20(27)29-4)10-13-8-9-18(26)19(11-13)30-12-14-15(23)6-5-7-16(14)24/h5-9,11,17,26H,10,12H2,1-4H3,(H,25,28)/t17-/m0/s1. The van der Waals surface area contributed by atoms with Crippen LogP contribution in [0.3, 0.4) is 0 Å². The maximum Gasteiger partial charge on any atom is 0.408 e. The monoisotopic (exact) mass is 469 g/mol. The van der Waals surface area contributed by atoms with Crippen LogP contribution < -0.4 is 10.1 Å². The number of carbonyl (C=O) groups is 2. The second-order valence-electron chi connectivity index (χ2n) is 7.72. The maximum atomic E-state index is 12.2. The number of phenolic OH excluding ortho intramolecular Hbond substituents is 1. The molecular weight excluding hydrogens is 445 g/mol. The highest BCUT2D eigenvalue weighted by Gasteiger charge is 2.25. The molecule has 2 aromatic carbocycles. The van der Waals surface area contributed by atoms with E-state index in [1.807, 2.05) is 0 Å². The molecule has 2 aromatic rings. The predicted molar refractivity (Wildman–Crippen MR) is 118 cm³/mol. The van der Waals surface area contributed by atoms with Crippen LogP contribution in [0.4, 0.5) is 4.79 Å². The number of hydrogen-bond donors (Lipinski definition) is 2. The molecule has 0 aliphatic heterocycles. The van der Waals surface area contributed by atoms with E-state index in [4.69, 9.17) is 37.4 Å². The van der Waals surface area contributed by atoms with Gasteiger partial charge in [-0.1, -0.05) is 35.3 Å². The zero-order valence-corrected chi connectivity index (χ0v) is 19.2. The lowest BCUT2D eigenvalue weighted by molar-refractivity contribution is -0.143. The summed E-state index contributed by atoms with van der Waals surface area (Å²) in [6.07, 6.45) is -0.651. The number of hydrogen-bond acceptors (Lipinski definition) is 6. The second-order valence-corrected chi connectivity index (χ2v) is 8.53. The van der Waals surface area contributed by atoms with Gasteiger partial charge in [-0.15, -0.1) is 0 Å². The fourth-order valence-corrected chi connectivity index (χ4v) is 3.15. The number of alkyl carbamates (subject to hydrolysis) is 1. The number of rotatable bonds is 7. The molecule has 7 nitrogen and oxygen atoms in total. The molecule has 0 saturated heterocycles. The lowest BCUT2D eigenvalue weighted by Crippen LogP contribution is -2.45. The average molecular weight is 470 g/mol. The van der Waals surface area contributed by atoms with Crippen molar-refractivity contribution in [2.24, 2.45) is 0 Å². The van der Waals surface area contributed by atoms with Gasteiger partial charge in [0.1, 0.15) is 18.2 Å². The molecule has 0 saturated carbocycles. The van der Waals surface area contributed by atoms with Crippen LogP contribution in [0, 0.1) is 0 Å². The van der Waals surface area contributed by atoms with Crippen LogP contribution in [-0.2, 0) is 27.3 Å². The van der Waals surface area contributed by atoms with Gasteiger partial charge in [0, 0.05) is 22.0 Å². The molecule has 1 amide bonds. The summed E-state index contributed by atoms with van der Waals surface area (Å²) >= 11 is 12.3. The number of benzene rings is 2. The average Bonchev–Trinajstić information content (AvgIpc) is 2.67. The van der Waals surface area contributed by atoms with Gasteiger partial charge in [0.15, 0.2) is 11.5 Å². The number of amides is 1. The third kappa shape index (κ3) is 7.52. The highest BCUT2D eigenvalue weighted by atomic mass is 35.5. The first-order valence-corrected chi connectivity index (χ1v) is 10.2. The predicted octanol–water partition coefficient (Wildman–Crippen LogP) is 4.89. The van der Waals surface area contributed by atoms with Crippen LogP contribution in [-0.4, -0.2) is 35.9 Å². The molecule has 0 aliphatic carbocycles. The number of halogens is 2. The van der Waals surface area contributed by atoms with Gasteiger partial charge in [0.2, 0.25) is 0 Å². The van der Waals surface area contributed by atoms with E-state index >= 15 is 0 Å². The molecule has 0 aromatic heterocycles. The smallest absolute Gasteiger partial charge is 0.408 e.